The van der Waals surface area contributed by atoms with Crippen molar-refractivity contribution in [2.45, 2.75) is 24.8 Å². The van der Waals surface area contributed by atoms with Gasteiger partial charge in [0.15, 0.2) is 9.84 Å². The van der Waals surface area contributed by atoms with Gasteiger partial charge in [0.05, 0.1) is 16.7 Å². The zero-order valence-corrected chi connectivity index (χ0v) is 10.6. The number of hydrogen-bond acceptors (Lipinski definition) is 4. The lowest BCUT2D eigenvalue weighted by Crippen LogP contribution is -2.14. The lowest BCUT2D eigenvalue weighted by Gasteiger charge is -2.05. The van der Waals surface area contributed by atoms with E-state index in [0.29, 0.717) is 24.4 Å². The van der Waals surface area contributed by atoms with Crippen LogP contribution in [-0.2, 0) is 16.4 Å². The van der Waals surface area contributed by atoms with Crippen molar-refractivity contribution in [3.05, 3.63) is 29.8 Å². The third-order valence-corrected chi connectivity index (χ3v) is 4.16. The van der Waals surface area contributed by atoms with Gasteiger partial charge in [0.1, 0.15) is 0 Å². The van der Waals surface area contributed by atoms with Crippen LogP contribution in [0.25, 0.3) is 0 Å². The molecular weight excluding hydrogens is 236 g/mol. The summed E-state index contributed by atoms with van der Waals surface area (Å²) in [6.45, 7) is 2.92. The molecule has 0 atom stereocenters. The van der Waals surface area contributed by atoms with E-state index in [1.54, 1.807) is 31.2 Å². The minimum Gasteiger partial charge on any atom is -0.312 e. The van der Waals surface area contributed by atoms with Gasteiger partial charge in [0, 0.05) is 19.5 Å². The van der Waals surface area contributed by atoms with Gasteiger partial charge in [-0.05, 0) is 17.7 Å². The molecule has 0 saturated heterocycles. The highest BCUT2D eigenvalue weighted by atomic mass is 32.2. The summed E-state index contributed by atoms with van der Waals surface area (Å²) >= 11 is 0. The van der Waals surface area contributed by atoms with E-state index < -0.39 is 9.84 Å². The van der Waals surface area contributed by atoms with Crippen LogP contribution in [0.4, 0.5) is 0 Å². The van der Waals surface area contributed by atoms with Crippen molar-refractivity contribution in [3.8, 4) is 6.07 Å². The van der Waals surface area contributed by atoms with Crippen LogP contribution in [0.15, 0.2) is 29.2 Å². The molecule has 0 aliphatic rings. The van der Waals surface area contributed by atoms with Crippen molar-refractivity contribution >= 4 is 9.84 Å². The molecule has 0 aliphatic carbocycles. The molecule has 1 aromatic rings. The molecule has 0 amide bonds. The highest BCUT2D eigenvalue weighted by molar-refractivity contribution is 7.91. The monoisotopic (exact) mass is 252 g/mol. The second-order valence-electron chi connectivity index (χ2n) is 3.63. The first kappa shape index (κ1) is 13.7. The highest BCUT2D eigenvalue weighted by Crippen LogP contribution is 2.12. The molecule has 4 nitrogen and oxygen atoms in total. The van der Waals surface area contributed by atoms with Crippen molar-refractivity contribution in [2.24, 2.45) is 0 Å². The fourth-order valence-electron chi connectivity index (χ4n) is 1.36. The van der Waals surface area contributed by atoms with E-state index in [1.165, 1.54) is 0 Å². The van der Waals surface area contributed by atoms with Gasteiger partial charge >= 0.3 is 0 Å². The van der Waals surface area contributed by atoms with Crippen molar-refractivity contribution < 1.29 is 8.42 Å². The third kappa shape index (κ3) is 4.17. The molecule has 0 bridgehead atoms. The Morgan fingerprint density at radius 3 is 2.47 bits per heavy atom. The molecular formula is C12H16N2O2S. The molecule has 5 heteroatoms. The van der Waals surface area contributed by atoms with Crippen molar-refractivity contribution in [1.29, 1.82) is 5.26 Å². The van der Waals surface area contributed by atoms with E-state index in [4.69, 9.17) is 5.26 Å². The SMILES string of the molecule is CCS(=O)(=O)c1ccc(CNCCC#N)cc1. The number of benzene rings is 1. The quantitative estimate of drug-likeness (QED) is 0.779. The van der Waals surface area contributed by atoms with Gasteiger partial charge in [0.25, 0.3) is 0 Å². The van der Waals surface area contributed by atoms with Crippen LogP contribution in [0.2, 0.25) is 0 Å². The summed E-state index contributed by atoms with van der Waals surface area (Å²) in [4.78, 5) is 0.362. The zero-order valence-electron chi connectivity index (χ0n) is 9.81. The normalized spacial score (nSPS) is 11.1. The average Bonchev–Trinajstić information content (AvgIpc) is 2.35. The number of nitrogens with zero attached hydrogens (tertiary/aromatic N) is 1. The van der Waals surface area contributed by atoms with E-state index in [0.717, 1.165) is 5.56 Å². The van der Waals surface area contributed by atoms with Gasteiger partial charge in [-0.15, -0.1) is 0 Å². The number of nitriles is 1. The lowest BCUT2D eigenvalue weighted by atomic mass is 10.2. The van der Waals surface area contributed by atoms with E-state index >= 15 is 0 Å². The molecule has 17 heavy (non-hydrogen) atoms. The second kappa shape index (κ2) is 6.38. The lowest BCUT2D eigenvalue weighted by molar-refractivity contribution is 0.597. The van der Waals surface area contributed by atoms with Crippen LogP contribution in [0.3, 0.4) is 0 Å². The van der Waals surface area contributed by atoms with Crippen LogP contribution in [0, 0.1) is 11.3 Å². The van der Waals surface area contributed by atoms with E-state index in [1.807, 2.05) is 6.07 Å². The van der Waals surface area contributed by atoms with Crippen molar-refractivity contribution in [2.75, 3.05) is 12.3 Å². The van der Waals surface area contributed by atoms with Crippen LogP contribution >= 0.6 is 0 Å². The van der Waals surface area contributed by atoms with E-state index in [9.17, 15) is 8.42 Å². The first-order valence-corrected chi connectivity index (χ1v) is 7.14. The first-order chi connectivity index (χ1) is 8.10. The Morgan fingerprint density at radius 2 is 1.94 bits per heavy atom. The minimum absolute atomic E-state index is 0.118. The van der Waals surface area contributed by atoms with Crippen LogP contribution in [0.5, 0.6) is 0 Å². The molecule has 0 radical (unpaired) electrons. The van der Waals surface area contributed by atoms with Gasteiger partial charge in [-0.1, -0.05) is 19.1 Å². The van der Waals surface area contributed by atoms with Crippen LogP contribution in [0.1, 0.15) is 18.9 Å². The first-order valence-electron chi connectivity index (χ1n) is 5.49. The summed E-state index contributed by atoms with van der Waals surface area (Å²) in [5.41, 5.74) is 1.01. The standard InChI is InChI=1S/C12H16N2O2S/c1-2-17(15,16)12-6-4-11(5-7-12)10-14-9-3-8-13/h4-7,14H,2-3,9-10H2,1H3. The molecule has 0 fully saturated rings. The van der Waals surface area contributed by atoms with E-state index in [-0.39, 0.29) is 5.75 Å². The largest absolute Gasteiger partial charge is 0.312 e. The summed E-state index contributed by atoms with van der Waals surface area (Å²) in [6, 6.07) is 8.89. The fraction of sp³-hybridized carbons (Fsp3) is 0.417. The number of nitrogens with one attached hydrogen (secondary N) is 1. The maximum atomic E-state index is 11.6. The zero-order chi connectivity index (χ0) is 12.7. The number of hydrogen-bond donors (Lipinski definition) is 1. The predicted octanol–water partition coefficient (Wildman–Crippen LogP) is 1.48. The Bertz CT molecular complexity index is 486. The van der Waals surface area contributed by atoms with Gasteiger partial charge < -0.3 is 5.32 Å². The molecule has 0 saturated carbocycles. The molecule has 0 aromatic heterocycles. The average molecular weight is 252 g/mol. The molecule has 0 aliphatic heterocycles. The maximum absolute atomic E-state index is 11.6. The second-order valence-corrected chi connectivity index (χ2v) is 5.91. The maximum Gasteiger partial charge on any atom is 0.178 e. The Kier molecular flexibility index (Phi) is 5.13. The minimum atomic E-state index is -3.11. The fourth-order valence-corrected chi connectivity index (χ4v) is 2.24. The van der Waals surface area contributed by atoms with Crippen molar-refractivity contribution in [1.82, 2.24) is 5.32 Å². The molecule has 0 unspecified atom stereocenters. The topological polar surface area (TPSA) is 70.0 Å². The Labute approximate surface area is 102 Å². The summed E-state index contributed by atoms with van der Waals surface area (Å²) in [7, 11) is -3.11. The smallest absolute Gasteiger partial charge is 0.178 e. The van der Waals surface area contributed by atoms with Gasteiger partial charge in [-0.25, -0.2) is 8.42 Å². The molecule has 0 heterocycles. The van der Waals surface area contributed by atoms with Gasteiger partial charge in [-0.2, -0.15) is 5.26 Å². The number of sulfone groups is 1. The van der Waals surface area contributed by atoms with Crippen LogP contribution < -0.4 is 5.32 Å². The van der Waals surface area contributed by atoms with Crippen LogP contribution in [-0.4, -0.2) is 20.7 Å². The summed E-state index contributed by atoms with van der Waals surface area (Å²) in [5, 5.41) is 11.5. The Balaban J connectivity index is 2.60. The number of rotatable bonds is 6. The summed E-state index contributed by atoms with van der Waals surface area (Å²) < 4.78 is 23.1. The third-order valence-electron chi connectivity index (χ3n) is 2.41. The predicted molar refractivity (Wildman–Crippen MR) is 66.1 cm³/mol. The Morgan fingerprint density at radius 1 is 1.29 bits per heavy atom. The molecule has 0 spiro atoms. The Hall–Kier alpha value is -1.38. The van der Waals surface area contributed by atoms with Gasteiger partial charge in [0.2, 0.25) is 0 Å². The highest BCUT2D eigenvalue weighted by Gasteiger charge is 2.10. The molecule has 1 N–H and O–H groups in total. The van der Waals surface area contributed by atoms with E-state index in [2.05, 4.69) is 5.32 Å². The summed E-state index contributed by atoms with van der Waals surface area (Å²) in [5.74, 6) is 0.118. The van der Waals surface area contributed by atoms with Crippen molar-refractivity contribution in [3.63, 3.8) is 0 Å². The summed E-state index contributed by atoms with van der Waals surface area (Å²) in [6.07, 6.45) is 0.475. The van der Waals surface area contributed by atoms with Gasteiger partial charge in [-0.3, -0.25) is 0 Å². The molecule has 92 valence electrons. The molecule has 1 aromatic carbocycles. The molecule has 1 rings (SSSR count).